The van der Waals surface area contributed by atoms with Gasteiger partial charge in [-0.25, -0.2) is 0 Å². The standard InChI is InChI=1S/C13H12N2S/c1-2-9-3-5-10(6-4-9)11-8-16-12(7-14)13(11)15/h3-6,8H,2,15H2,1H3. The number of hydrogen-bond donors (Lipinski definition) is 1. The Balaban J connectivity index is 2.43. The number of nitriles is 1. The molecule has 0 bridgehead atoms. The first-order chi connectivity index (χ1) is 7.76. The molecule has 0 aliphatic rings. The lowest BCUT2D eigenvalue weighted by molar-refractivity contribution is 1.14. The van der Waals surface area contributed by atoms with Crippen molar-refractivity contribution in [3.63, 3.8) is 0 Å². The lowest BCUT2D eigenvalue weighted by Crippen LogP contribution is -1.88. The number of rotatable bonds is 2. The van der Waals surface area contributed by atoms with Crippen LogP contribution in [0.15, 0.2) is 29.6 Å². The number of hydrogen-bond acceptors (Lipinski definition) is 3. The fourth-order valence-electron chi connectivity index (χ4n) is 1.60. The molecular weight excluding hydrogens is 216 g/mol. The molecule has 0 fully saturated rings. The summed E-state index contributed by atoms with van der Waals surface area (Å²) in [5.74, 6) is 0. The average Bonchev–Trinajstić information content (AvgIpc) is 2.70. The van der Waals surface area contributed by atoms with Gasteiger partial charge in [0.15, 0.2) is 0 Å². The highest BCUT2D eigenvalue weighted by Crippen LogP contribution is 2.33. The van der Waals surface area contributed by atoms with Crippen LogP contribution in [-0.2, 0) is 6.42 Å². The Labute approximate surface area is 99.0 Å². The number of benzene rings is 1. The van der Waals surface area contributed by atoms with Gasteiger partial charge in [-0.2, -0.15) is 5.26 Å². The first-order valence-electron chi connectivity index (χ1n) is 5.12. The zero-order valence-corrected chi connectivity index (χ0v) is 9.84. The van der Waals surface area contributed by atoms with Crippen LogP contribution >= 0.6 is 11.3 Å². The number of nitrogens with zero attached hydrogens (tertiary/aromatic N) is 1. The van der Waals surface area contributed by atoms with Crippen LogP contribution < -0.4 is 5.73 Å². The van der Waals surface area contributed by atoms with Crippen molar-refractivity contribution in [2.45, 2.75) is 13.3 Å². The molecular formula is C13H12N2S. The van der Waals surface area contributed by atoms with E-state index < -0.39 is 0 Å². The molecule has 80 valence electrons. The lowest BCUT2D eigenvalue weighted by Gasteiger charge is -2.02. The summed E-state index contributed by atoms with van der Waals surface area (Å²) < 4.78 is 0. The van der Waals surface area contributed by atoms with Crippen molar-refractivity contribution in [3.8, 4) is 17.2 Å². The molecule has 3 heteroatoms. The van der Waals surface area contributed by atoms with Gasteiger partial charge in [0.2, 0.25) is 0 Å². The van der Waals surface area contributed by atoms with Gasteiger partial charge in [-0.1, -0.05) is 31.2 Å². The van der Waals surface area contributed by atoms with Crippen molar-refractivity contribution in [2.75, 3.05) is 5.73 Å². The Morgan fingerprint density at radius 3 is 2.50 bits per heavy atom. The Kier molecular flexibility index (Phi) is 2.93. The number of nitrogens with two attached hydrogens (primary N) is 1. The quantitative estimate of drug-likeness (QED) is 0.856. The van der Waals surface area contributed by atoms with Crippen molar-refractivity contribution in [1.82, 2.24) is 0 Å². The third-order valence-corrected chi connectivity index (χ3v) is 3.50. The summed E-state index contributed by atoms with van der Waals surface area (Å²) in [5.41, 5.74) is 9.84. The number of aryl methyl sites for hydroxylation is 1. The van der Waals surface area contributed by atoms with Gasteiger partial charge < -0.3 is 5.73 Å². The maximum Gasteiger partial charge on any atom is 0.128 e. The molecule has 0 saturated carbocycles. The van der Waals surface area contributed by atoms with Crippen molar-refractivity contribution >= 4 is 17.0 Å². The van der Waals surface area contributed by atoms with E-state index in [0.29, 0.717) is 10.6 Å². The molecule has 0 saturated heterocycles. The molecule has 1 heterocycles. The molecule has 0 spiro atoms. The summed E-state index contributed by atoms with van der Waals surface area (Å²) in [7, 11) is 0. The number of thiophene rings is 1. The summed E-state index contributed by atoms with van der Waals surface area (Å²) in [6.07, 6.45) is 1.03. The summed E-state index contributed by atoms with van der Waals surface area (Å²) in [4.78, 5) is 0.592. The minimum absolute atomic E-state index is 0.592. The van der Waals surface area contributed by atoms with Crippen LogP contribution in [0.5, 0.6) is 0 Å². The van der Waals surface area contributed by atoms with Gasteiger partial charge in [0, 0.05) is 10.9 Å². The van der Waals surface area contributed by atoms with Crippen LogP contribution in [0.2, 0.25) is 0 Å². The molecule has 0 unspecified atom stereocenters. The smallest absolute Gasteiger partial charge is 0.128 e. The SMILES string of the molecule is CCc1ccc(-c2csc(C#N)c2N)cc1. The van der Waals surface area contributed by atoms with E-state index in [1.165, 1.54) is 16.9 Å². The van der Waals surface area contributed by atoms with Crippen molar-refractivity contribution in [1.29, 1.82) is 5.26 Å². The second-order valence-corrected chi connectivity index (χ2v) is 4.43. The molecule has 0 atom stereocenters. The van der Waals surface area contributed by atoms with Crippen LogP contribution in [-0.4, -0.2) is 0 Å². The van der Waals surface area contributed by atoms with Crippen molar-refractivity contribution in [3.05, 3.63) is 40.1 Å². The average molecular weight is 228 g/mol. The van der Waals surface area contributed by atoms with Crippen molar-refractivity contribution < 1.29 is 0 Å². The normalized spacial score (nSPS) is 10.0. The summed E-state index contributed by atoms with van der Waals surface area (Å²) in [5, 5.41) is 10.8. The highest BCUT2D eigenvalue weighted by atomic mass is 32.1. The van der Waals surface area contributed by atoms with Crippen LogP contribution in [0.3, 0.4) is 0 Å². The molecule has 0 aliphatic heterocycles. The molecule has 1 aromatic heterocycles. The van der Waals surface area contributed by atoms with Gasteiger partial charge in [0.1, 0.15) is 10.9 Å². The predicted molar refractivity (Wildman–Crippen MR) is 68.3 cm³/mol. The third kappa shape index (κ3) is 1.80. The molecule has 2 rings (SSSR count). The summed E-state index contributed by atoms with van der Waals surface area (Å²) in [6, 6.07) is 10.4. The fraction of sp³-hybridized carbons (Fsp3) is 0.154. The predicted octanol–water partition coefficient (Wildman–Crippen LogP) is 3.43. The van der Waals surface area contributed by atoms with Gasteiger partial charge >= 0.3 is 0 Å². The monoisotopic (exact) mass is 228 g/mol. The molecule has 2 aromatic rings. The minimum atomic E-state index is 0.592. The van der Waals surface area contributed by atoms with E-state index in [9.17, 15) is 0 Å². The molecule has 0 amide bonds. The van der Waals surface area contributed by atoms with Crippen LogP contribution in [0.4, 0.5) is 5.69 Å². The van der Waals surface area contributed by atoms with Crippen LogP contribution in [0.25, 0.3) is 11.1 Å². The maximum atomic E-state index is 8.84. The van der Waals surface area contributed by atoms with Crippen LogP contribution in [0.1, 0.15) is 17.4 Å². The molecule has 2 N–H and O–H groups in total. The second-order valence-electron chi connectivity index (χ2n) is 3.55. The van der Waals surface area contributed by atoms with Crippen LogP contribution in [0, 0.1) is 11.3 Å². The van der Waals surface area contributed by atoms with E-state index in [-0.39, 0.29) is 0 Å². The molecule has 2 nitrogen and oxygen atoms in total. The fourth-order valence-corrected chi connectivity index (χ4v) is 2.39. The van der Waals surface area contributed by atoms with Gasteiger partial charge in [0.25, 0.3) is 0 Å². The largest absolute Gasteiger partial charge is 0.396 e. The van der Waals surface area contributed by atoms with Gasteiger partial charge in [-0.05, 0) is 17.5 Å². The Morgan fingerprint density at radius 1 is 1.31 bits per heavy atom. The van der Waals surface area contributed by atoms with E-state index >= 15 is 0 Å². The maximum absolute atomic E-state index is 8.84. The Hall–Kier alpha value is -1.79. The zero-order chi connectivity index (χ0) is 11.5. The molecule has 0 radical (unpaired) electrons. The Bertz CT molecular complexity index is 532. The topological polar surface area (TPSA) is 49.8 Å². The van der Waals surface area contributed by atoms with Gasteiger partial charge in [0.05, 0.1) is 5.69 Å². The minimum Gasteiger partial charge on any atom is -0.396 e. The third-order valence-electron chi connectivity index (χ3n) is 2.60. The van der Waals surface area contributed by atoms with E-state index in [1.54, 1.807) is 0 Å². The molecule has 16 heavy (non-hydrogen) atoms. The zero-order valence-electron chi connectivity index (χ0n) is 9.03. The molecule has 1 aromatic carbocycles. The van der Waals surface area contributed by atoms with E-state index in [0.717, 1.165) is 17.5 Å². The Morgan fingerprint density at radius 2 is 2.00 bits per heavy atom. The summed E-state index contributed by atoms with van der Waals surface area (Å²) in [6.45, 7) is 2.13. The lowest BCUT2D eigenvalue weighted by atomic mass is 10.0. The first-order valence-corrected chi connectivity index (χ1v) is 6.00. The highest BCUT2D eigenvalue weighted by molar-refractivity contribution is 7.11. The first kappa shape index (κ1) is 10.7. The van der Waals surface area contributed by atoms with Gasteiger partial charge in [-0.15, -0.1) is 11.3 Å². The molecule has 0 aliphatic carbocycles. The number of nitrogen functional groups attached to an aromatic ring is 1. The number of anilines is 1. The van der Waals surface area contributed by atoms with E-state index in [1.807, 2.05) is 5.38 Å². The summed E-state index contributed by atoms with van der Waals surface area (Å²) >= 11 is 1.39. The van der Waals surface area contributed by atoms with E-state index in [2.05, 4.69) is 37.3 Å². The second kappa shape index (κ2) is 4.38. The van der Waals surface area contributed by atoms with E-state index in [4.69, 9.17) is 11.0 Å². The van der Waals surface area contributed by atoms with Crippen molar-refractivity contribution in [2.24, 2.45) is 0 Å². The van der Waals surface area contributed by atoms with Gasteiger partial charge in [-0.3, -0.25) is 0 Å². The highest BCUT2D eigenvalue weighted by Gasteiger charge is 2.09.